The zero-order chi connectivity index (χ0) is 12.0. The zero-order valence-corrected chi connectivity index (χ0v) is 7.28. The molecule has 0 amide bonds. The zero-order valence-electron chi connectivity index (χ0n) is 7.28. The van der Waals surface area contributed by atoms with Crippen LogP contribution in [0.2, 0.25) is 0 Å². The number of benzene rings is 1. The van der Waals surface area contributed by atoms with Gasteiger partial charge in [0.2, 0.25) is 0 Å². The molecule has 0 saturated carbocycles. The number of rotatable bonds is 1. The standard InChI is InChI=1S/C7H6O5.CH2O2/c8-4-1-3(7(11)12)2-5(9)6(4)10;2-1-3/h1-2,8-10H,(H,11,12);1H,(H,2,3). The highest BCUT2D eigenvalue weighted by molar-refractivity contribution is 5.89. The Hall–Kier alpha value is -2.44. The van der Waals surface area contributed by atoms with E-state index in [1.54, 1.807) is 0 Å². The highest BCUT2D eigenvalue weighted by Crippen LogP contribution is 2.35. The Morgan fingerprint density at radius 1 is 1.13 bits per heavy atom. The number of aromatic hydroxyl groups is 3. The molecule has 1 rings (SSSR count). The Kier molecular flexibility index (Phi) is 4.46. The number of carbonyl (C=O) groups is 2. The van der Waals surface area contributed by atoms with Crippen LogP contribution in [-0.4, -0.2) is 38.0 Å². The maximum absolute atomic E-state index is 10.3. The molecule has 0 aromatic heterocycles. The number of phenols is 3. The van der Waals surface area contributed by atoms with Crippen LogP contribution in [0.15, 0.2) is 12.1 Å². The maximum atomic E-state index is 10.3. The lowest BCUT2D eigenvalue weighted by Gasteiger charge is -2.01. The molecular weight excluding hydrogens is 208 g/mol. The summed E-state index contributed by atoms with van der Waals surface area (Å²) in [6.45, 7) is -0.250. The predicted octanol–water partition coefficient (Wildman–Crippen LogP) is 0.202. The number of aromatic carboxylic acids is 1. The van der Waals surface area contributed by atoms with Gasteiger partial charge in [-0.2, -0.15) is 0 Å². The fourth-order valence-corrected chi connectivity index (χ4v) is 0.728. The molecule has 0 fully saturated rings. The van der Waals surface area contributed by atoms with Gasteiger partial charge in [0.05, 0.1) is 5.56 Å². The van der Waals surface area contributed by atoms with E-state index in [0.717, 1.165) is 12.1 Å². The van der Waals surface area contributed by atoms with Crippen LogP contribution in [0.5, 0.6) is 17.2 Å². The summed E-state index contributed by atoms with van der Waals surface area (Å²) in [5.74, 6) is -3.33. The molecule has 0 spiro atoms. The van der Waals surface area contributed by atoms with E-state index in [-0.39, 0.29) is 12.0 Å². The fraction of sp³-hybridized carbons (Fsp3) is 0. The first-order valence-corrected chi connectivity index (χ1v) is 3.50. The lowest BCUT2D eigenvalue weighted by atomic mass is 10.2. The molecule has 7 nitrogen and oxygen atoms in total. The van der Waals surface area contributed by atoms with Gasteiger partial charge < -0.3 is 25.5 Å². The lowest BCUT2D eigenvalue weighted by Crippen LogP contribution is -1.95. The van der Waals surface area contributed by atoms with E-state index in [0.29, 0.717) is 0 Å². The third-order valence-corrected chi connectivity index (χ3v) is 1.32. The average molecular weight is 216 g/mol. The van der Waals surface area contributed by atoms with Crippen LogP contribution in [0.3, 0.4) is 0 Å². The van der Waals surface area contributed by atoms with Crippen molar-refractivity contribution >= 4 is 12.4 Å². The van der Waals surface area contributed by atoms with Gasteiger partial charge in [-0.15, -0.1) is 0 Å². The molecule has 0 unspecified atom stereocenters. The highest BCUT2D eigenvalue weighted by atomic mass is 16.4. The van der Waals surface area contributed by atoms with Crippen molar-refractivity contribution in [3.63, 3.8) is 0 Å². The second kappa shape index (κ2) is 5.32. The van der Waals surface area contributed by atoms with Gasteiger partial charge >= 0.3 is 5.97 Å². The molecule has 0 bridgehead atoms. The molecule has 0 aliphatic carbocycles. The van der Waals surface area contributed by atoms with Crippen LogP contribution in [0.4, 0.5) is 0 Å². The van der Waals surface area contributed by atoms with Gasteiger partial charge in [0, 0.05) is 0 Å². The topological polar surface area (TPSA) is 135 Å². The minimum Gasteiger partial charge on any atom is -0.504 e. The number of carboxylic acids is 1. The minimum atomic E-state index is -1.29. The summed E-state index contributed by atoms with van der Waals surface area (Å²) < 4.78 is 0. The second-order valence-corrected chi connectivity index (χ2v) is 2.27. The number of carboxylic acid groups (broad SMARTS) is 2. The lowest BCUT2D eigenvalue weighted by molar-refractivity contribution is -0.122. The van der Waals surface area contributed by atoms with E-state index in [1.165, 1.54) is 0 Å². The summed E-state index contributed by atoms with van der Waals surface area (Å²) >= 11 is 0. The molecule has 0 aliphatic rings. The van der Waals surface area contributed by atoms with E-state index in [1.807, 2.05) is 0 Å². The van der Waals surface area contributed by atoms with Crippen molar-refractivity contribution in [2.75, 3.05) is 0 Å². The first kappa shape index (κ1) is 12.6. The van der Waals surface area contributed by atoms with Gasteiger partial charge in [0.25, 0.3) is 6.47 Å². The molecule has 5 N–H and O–H groups in total. The van der Waals surface area contributed by atoms with Gasteiger partial charge in [-0.25, -0.2) is 4.79 Å². The maximum Gasteiger partial charge on any atom is 0.335 e. The smallest absolute Gasteiger partial charge is 0.335 e. The van der Waals surface area contributed by atoms with Gasteiger partial charge in [0.1, 0.15) is 0 Å². The van der Waals surface area contributed by atoms with Crippen molar-refractivity contribution in [2.45, 2.75) is 0 Å². The Bertz CT molecular complexity index is 348. The molecule has 0 radical (unpaired) electrons. The van der Waals surface area contributed by atoms with Gasteiger partial charge in [-0.05, 0) is 12.1 Å². The quantitative estimate of drug-likeness (QED) is 0.334. The van der Waals surface area contributed by atoms with Crippen LogP contribution in [0, 0.1) is 0 Å². The molecule has 0 atom stereocenters. The molecule has 1 aromatic rings. The molecule has 0 saturated heterocycles. The summed E-state index contributed by atoms with van der Waals surface area (Å²) in [4.78, 5) is 18.7. The van der Waals surface area contributed by atoms with Crippen molar-refractivity contribution in [3.05, 3.63) is 17.7 Å². The molecule has 15 heavy (non-hydrogen) atoms. The van der Waals surface area contributed by atoms with Crippen LogP contribution in [0.1, 0.15) is 10.4 Å². The van der Waals surface area contributed by atoms with E-state index < -0.39 is 23.2 Å². The van der Waals surface area contributed by atoms with Crippen molar-refractivity contribution in [3.8, 4) is 17.2 Å². The Balaban J connectivity index is 0.000000583. The summed E-state index contributed by atoms with van der Waals surface area (Å²) in [6, 6.07) is 1.69. The summed E-state index contributed by atoms with van der Waals surface area (Å²) in [5.41, 5.74) is -0.289. The van der Waals surface area contributed by atoms with Crippen LogP contribution >= 0.6 is 0 Å². The Morgan fingerprint density at radius 3 is 1.73 bits per heavy atom. The normalized spacial score (nSPS) is 8.53. The SMILES string of the molecule is O=C(O)c1cc(O)c(O)c(O)c1.O=CO. The summed E-state index contributed by atoms with van der Waals surface area (Å²) in [6.07, 6.45) is 0. The molecule has 0 aliphatic heterocycles. The van der Waals surface area contributed by atoms with Crippen LogP contribution in [-0.2, 0) is 4.79 Å². The van der Waals surface area contributed by atoms with Gasteiger partial charge in [0.15, 0.2) is 17.2 Å². The molecule has 82 valence electrons. The molecule has 7 heteroatoms. The van der Waals surface area contributed by atoms with Gasteiger partial charge in [-0.1, -0.05) is 0 Å². The first-order valence-electron chi connectivity index (χ1n) is 3.50. The van der Waals surface area contributed by atoms with Crippen molar-refractivity contribution in [1.29, 1.82) is 0 Å². The average Bonchev–Trinajstić information content (AvgIpc) is 2.14. The highest BCUT2D eigenvalue weighted by Gasteiger charge is 2.11. The molecular formula is C8H8O7. The number of hydrogen-bond donors (Lipinski definition) is 5. The van der Waals surface area contributed by atoms with Crippen LogP contribution in [0.25, 0.3) is 0 Å². The largest absolute Gasteiger partial charge is 0.504 e. The van der Waals surface area contributed by atoms with E-state index in [4.69, 9.17) is 30.3 Å². The van der Waals surface area contributed by atoms with E-state index >= 15 is 0 Å². The third-order valence-electron chi connectivity index (χ3n) is 1.32. The second-order valence-electron chi connectivity index (χ2n) is 2.27. The van der Waals surface area contributed by atoms with E-state index in [9.17, 15) is 4.79 Å². The predicted molar refractivity (Wildman–Crippen MR) is 47.1 cm³/mol. The molecule has 0 heterocycles. The van der Waals surface area contributed by atoms with Crippen molar-refractivity contribution < 1.29 is 35.1 Å². The van der Waals surface area contributed by atoms with E-state index in [2.05, 4.69) is 0 Å². The Labute approximate surface area is 83.5 Å². The van der Waals surface area contributed by atoms with Crippen molar-refractivity contribution in [2.24, 2.45) is 0 Å². The van der Waals surface area contributed by atoms with Gasteiger partial charge in [-0.3, -0.25) is 4.79 Å². The number of hydrogen-bond acceptors (Lipinski definition) is 5. The van der Waals surface area contributed by atoms with Crippen molar-refractivity contribution in [1.82, 2.24) is 0 Å². The monoisotopic (exact) mass is 216 g/mol. The third kappa shape index (κ3) is 3.43. The first-order chi connectivity index (χ1) is 6.93. The molecule has 1 aromatic carbocycles. The fourth-order valence-electron chi connectivity index (χ4n) is 0.728. The summed E-state index contributed by atoms with van der Waals surface area (Å²) in [5, 5.41) is 41.8. The minimum absolute atomic E-state index is 0.250. The summed E-state index contributed by atoms with van der Waals surface area (Å²) in [7, 11) is 0. The Morgan fingerprint density at radius 2 is 1.47 bits per heavy atom. The van der Waals surface area contributed by atoms with Crippen LogP contribution < -0.4 is 0 Å². The number of phenolic OH excluding ortho intramolecular Hbond substituents is 3.